The second-order valence-electron chi connectivity index (χ2n) is 3.41. The quantitative estimate of drug-likeness (QED) is 0.638. The standard InChI is InChI=1S/C12H13ClN2O2/c1-3-6-14-11(16)12(17)15-10-5-4-9(13)7-8(10)2/h3-5,7H,1,6H2,2H3,(H,14,16)(H,15,17). The minimum Gasteiger partial charge on any atom is -0.344 e. The lowest BCUT2D eigenvalue weighted by atomic mass is 10.2. The Hall–Kier alpha value is -1.81. The van der Waals surface area contributed by atoms with Crippen LogP contribution in [0.3, 0.4) is 0 Å². The van der Waals surface area contributed by atoms with Crippen molar-refractivity contribution in [3.8, 4) is 0 Å². The van der Waals surface area contributed by atoms with Gasteiger partial charge in [-0.05, 0) is 30.7 Å². The van der Waals surface area contributed by atoms with Crippen LogP contribution < -0.4 is 10.6 Å². The van der Waals surface area contributed by atoms with Crippen LogP contribution in [0.4, 0.5) is 5.69 Å². The van der Waals surface area contributed by atoms with E-state index in [-0.39, 0.29) is 6.54 Å². The number of hydrogen-bond donors (Lipinski definition) is 2. The number of anilines is 1. The maximum Gasteiger partial charge on any atom is 0.313 e. The van der Waals surface area contributed by atoms with Crippen molar-refractivity contribution >= 4 is 29.1 Å². The van der Waals surface area contributed by atoms with E-state index in [0.29, 0.717) is 10.7 Å². The summed E-state index contributed by atoms with van der Waals surface area (Å²) in [4.78, 5) is 22.8. The zero-order valence-electron chi connectivity index (χ0n) is 9.42. The Morgan fingerprint density at radius 2 is 2.12 bits per heavy atom. The molecule has 0 atom stereocenters. The van der Waals surface area contributed by atoms with Crippen LogP contribution in [-0.2, 0) is 9.59 Å². The normalized spacial score (nSPS) is 9.53. The molecule has 0 saturated heterocycles. The minimum atomic E-state index is -0.711. The largest absolute Gasteiger partial charge is 0.344 e. The smallest absolute Gasteiger partial charge is 0.313 e. The van der Waals surface area contributed by atoms with Gasteiger partial charge in [0.1, 0.15) is 0 Å². The molecule has 0 fully saturated rings. The van der Waals surface area contributed by atoms with Crippen LogP contribution in [0, 0.1) is 6.92 Å². The monoisotopic (exact) mass is 252 g/mol. The average molecular weight is 253 g/mol. The predicted octanol–water partition coefficient (Wildman–Crippen LogP) is 1.89. The number of benzene rings is 1. The van der Waals surface area contributed by atoms with Crippen LogP contribution in [0.5, 0.6) is 0 Å². The number of carbonyl (C=O) groups excluding carboxylic acids is 2. The molecule has 0 heterocycles. The van der Waals surface area contributed by atoms with Crippen molar-refractivity contribution in [1.29, 1.82) is 0 Å². The van der Waals surface area contributed by atoms with Crippen molar-refractivity contribution in [2.45, 2.75) is 6.92 Å². The van der Waals surface area contributed by atoms with Crippen LogP contribution in [-0.4, -0.2) is 18.4 Å². The van der Waals surface area contributed by atoms with Gasteiger partial charge in [-0.3, -0.25) is 9.59 Å². The fraction of sp³-hybridized carbons (Fsp3) is 0.167. The van der Waals surface area contributed by atoms with Crippen LogP contribution >= 0.6 is 11.6 Å². The van der Waals surface area contributed by atoms with Gasteiger partial charge in [0.15, 0.2) is 0 Å². The van der Waals surface area contributed by atoms with Gasteiger partial charge in [0.05, 0.1) is 0 Å². The van der Waals surface area contributed by atoms with Gasteiger partial charge >= 0.3 is 11.8 Å². The number of carbonyl (C=O) groups is 2. The van der Waals surface area contributed by atoms with Gasteiger partial charge < -0.3 is 10.6 Å². The molecule has 0 aromatic heterocycles. The van der Waals surface area contributed by atoms with E-state index in [2.05, 4.69) is 17.2 Å². The van der Waals surface area contributed by atoms with Crippen LogP contribution in [0.2, 0.25) is 5.02 Å². The summed E-state index contributed by atoms with van der Waals surface area (Å²) < 4.78 is 0. The summed E-state index contributed by atoms with van der Waals surface area (Å²) in [5, 5.41) is 5.47. The summed E-state index contributed by atoms with van der Waals surface area (Å²) in [6, 6.07) is 5.00. The first-order valence-corrected chi connectivity index (χ1v) is 5.38. The fourth-order valence-electron chi connectivity index (χ4n) is 1.19. The first-order valence-electron chi connectivity index (χ1n) is 5.01. The molecule has 4 nitrogen and oxygen atoms in total. The highest BCUT2D eigenvalue weighted by molar-refractivity contribution is 6.39. The van der Waals surface area contributed by atoms with Crippen molar-refractivity contribution in [2.24, 2.45) is 0 Å². The molecule has 0 radical (unpaired) electrons. The minimum absolute atomic E-state index is 0.256. The summed E-state index contributed by atoms with van der Waals surface area (Å²) in [5.74, 6) is -1.41. The molecular weight excluding hydrogens is 240 g/mol. The topological polar surface area (TPSA) is 58.2 Å². The second kappa shape index (κ2) is 6.06. The summed E-state index contributed by atoms with van der Waals surface area (Å²) in [5.41, 5.74) is 1.36. The first kappa shape index (κ1) is 13.3. The van der Waals surface area contributed by atoms with E-state index in [4.69, 9.17) is 11.6 Å². The third kappa shape index (κ3) is 3.92. The van der Waals surface area contributed by atoms with Gasteiger partial charge in [-0.1, -0.05) is 17.7 Å². The predicted molar refractivity (Wildman–Crippen MR) is 68.0 cm³/mol. The first-order chi connectivity index (χ1) is 8.04. The molecule has 2 amide bonds. The molecular formula is C12H13ClN2O2. The molecule has 1 aromatic rings. The van der Waals surface area contributed by atoms with Crippen LogP contribution in [0.25, 0.3) is 0 Å². The lowest BCUT2D eigenvalue weighted by Crippen LogP contribution is -2.35. The van der Waals surface area contributed by atoms with E-state index in [9.17, 15) is 9.59 Å². The number of aryl methyl sites for hydroxylation is 1. The highest BCUT2D eigenvalue weighted by Crippen LogP contribution is 2.19. The van der Waals surface area contributed by atoms with E-state index in [1.807, 2.05) is 0 Å². The molecule has 0 bridgehead atoms. The van der Waals surface area contributed by atoms with Crippen molar-refractivity contribution in [2.75, 3.05) is 11.9 Å². The molecule has 2 N–H and O–H groups in total. The Morgan fingerprint density at radius 1 is 1.41 bits per heavy atom. The molecule has 0 aliphatic heterocycles. The SMILES string of the molecule is C=CCNC(=O)C(=O)Nc1ccc(Cl)cc1C. The van der Waals surface area contributed by atoms with E-state index >= 15 is 0 Å². The van der Waals surface area contributed by atoms with Crippen molar-refractivity contribution in [3.05, 3.63) is 41.4 Å². The van der Waals surface area contributed by atoms with Gasteiger partial charge in [-0.15, -0.1) is 6.58 Å². The van der Waals surface area contributed by atoms with E-state index in [1.165, 1.54) is 6.08 Å². The van der Waals surface area contributed by atoms with Gasteiger partial charge in [0.2, 0.25) is 0 Å². The maximum atomic E-state index is 11.5. The van der Waals surface area contributed by atoms with Crippen LogP contribution in [0.15, 0.2) is 30.9 Å². The van der Waals surface area contributed by atoms with Gasteiger partial charge in [-0.25, -0.2) is 0 Å². The maximum absolute atomic E-state index is 11.5. The number of halogens is 1. The molecule has 1 aromatic carbocycles. The Labute approximate surface area is 105 Å². The van der Waals surface area contributed by atoms with Gasteiger partial charge in [0, 0.05) is 17.3 Å². The lowest BCUT2D eigenvalue weighted by molar-refractivity contribution is -0.136. The molecule has 5 heteroatoms. The number of hydrogen-bond acceptors (Lipinski definition) is 2. The summed E-state index contributed by atoms with van der Waals surface area (Å²) in [6.45, 7) is 5.49. The highest BCUT2D eigenvalue weighted by atomic mass is 35.5. The zero-order chi connectivity index (χ0) is 12.8. The van der Waals surface area contributed by atoms with E-state index in [1.54, 1.807) is 25.1 Å². The number of nitrogens with one attached hydrogen (secondary N) is 2. The average Bonchev–Trinajstić information content (AvgIpc) is 2.29. The lowest BCUT2D eigenvalue weighted by Gasteiger charge is -2.08. The third-order valence-electron chi connectivity index (χ3n) is 2.05. The Kier molecular flexibility index (Phi) is 4.72. The molecule has 1 rings (SSSR count). The fourth-order valence-corrected chi connectivity index (χ4v) is 1.42. The molecule has 0 aliphatic rings. The molecule has 0 saturated carbocycles. The molecule has 0 aliphatic carbocycles. The Bertz CT molecular complexity index is 458. The zero-order valence-corrected chi connectivity index (χ0v) is 10.2. The van der Waals surface area contributed by atoms with Crippen molar-refractivity contribution in [3.63, 3.8) is 0 Å². The summed E-state index contributed by atoms with van der Waals surface area (Å²) in [6.07, 6.45) is 1.50. The van der Waals surface area contributed by atoms with E-state index in [0.717, 1.165) is 5.56 Å². The highest BCUT2D eigenvalue weighted by Gasteiger charge is 2.13. The van der Waals surface area contributed by atoms with E-state index < -0.39 is 11.8 Å². The number of amides is 2. The number of rotatable bonds is 3. The van der Waals surface area contributed by atoms with Crippen molar-refractivity contribution in [1.82, 2.24) is 5.32 Å². The second-order valence-corrected chi connectivity index (χ2v) is 3.85. The Morgan fingerprint density at radius 3 is 2.71 bits per heavy atom. The third-order valence-corrected chi connectivity index (χ3v) is 2.28. The van der Waals surface area contributed by atoms with Gasteiger partial charge in [0.25, 0.3) is 0 Å². The molecule has 17 heavy (non-hydrogen) atoms. The molecule has 0 spiro atoms. The van der Waals surface area contributed by atoms with Crippen molar-refractivity contribution < 1.29 is 9.59 Å². The van der Waals surface area contributed by atoms with Gasteiger partial charge in [-0.2, -0.15) is 0 Å². The molecule has 0 unspecified atom stereocenters. The Balaban J connectivity index is 2.67. The summed E-state index contributed by atoms with van der Waals surface area (Å²) in [7, 11) is 0. The molecule has 90 valence electrons. The summed E-state index contributed by atoms with van der Waals surface area (Å²) >= 11 is 5.78. The van der Waals surface area contributed by atoms with Crippen LogP contribution in [0.1, 0.15) is 5.56 Å².